The van der Waals surface area contributed by atoms with Crippen molar-refractivity contribution in [3.63, 3.8) is 0 Å². The third-order valence-electron chi connectivity index (χ3n) is 2.33. The molecule has 0 spiro atoms. The van der Waals surface area contributed by atoms with Gasteiger partial charge < -0.3 is 0 Å². The van der Waals surface area contributed by atoms with Gasteiger partial charge in [-0.05, 0) is 18.9 Å². The van der Waals surface area contributed by atoms with E-state index in [0.717, 1.165) is 24.4 Å². The van der Waals surface area contributed by atoms with Gasteiger partial charge in [0.25, 0.3) is 0 Å². The van der Waals surface area contributed by atoms with Crippen LogP contribution in [-0.4, -0.2) is 8.58 Å². The highest BCUT2D eigenvalue weighted by molar-refractivity contribution is 9.08. The molecular weight excluding hydrogens is 252 g/mol. The van der Waals surface area contributed by atoms with Gasteiger partial charge in [0.15, 0.2) is 0 Å². The summed E-state index contributed by atoms with van der Waals surface area (Å²) in [6, 6.07) is 0. The summed E-state index contributed by atoms with van der Waals surface area (Å²) in [5, 5.41) is 0. The Morgan fingerprint density at radius 3 is 2.80 bits per heavy atom. The number of aromatic nitrogens is 2. The summed E-state index contributed by atoms with van der Waals surface area (Å²) in [6.45, 7) is 4.33. The number of hydrogen-bond donors (Lipinski definition) is 0. The van der Waals surface area contributed by atoms with Crippen LogP contribution in [0.15, 0.2) is 12.3 Å². The number of aryl methyl sites for hydroxylation is 1. The molecule has 2 nitrogen and oxygen atoms in total. The van der Waals surface area contributed by atoms with Gasteiger partial charge in [-0.3, -0.25) is 3.59 Å². The highest BCUT2D eigenvalue weighted by Gasteiger charge is 2.00. The lowest BCUT2D eigenvalue weighted by atomic mass is 10.2. The van der Waals surface area contributed by atoms with Gasteiger partial charge in [-0.2, -0.15) is 0 Å². The molecule has 0 aliphatic rings. The summed E-state index contributed by atoms with van der Waals surface area (Å²) in [7, 11) is 0. The molecule has 0 saturated carbocycles. The second-order valence-electron chi connectivity index (χ2n) is 3.64. The zero-order chi connectivity index (χ0) is 11.1. The molecule has 15 heavy (non-hydrogen) atoms. The van der Waals surface area contributed by atoms with Crippen molar-refractivity contribution in [1.29, 1.82) is 0 Å². The lowest BCUT2D eigenvalue weighted by Gasteiger charge is -1.90. The first-order chi connectivity index (χ1) is 7.27. The Morgan fingerprint density at radius 1 is 1.40 bits per heavy atom. The van der Waals surface area contributed by atoms with E-state index >= 15 is 0 Å². The first kappa shape index (κ1) is 12.5. The van der Waals surface area contributed by atoms with Crippen LogP contribution in [0, 0.1) is 0 Å². The average molecular weight is 271 g/mol. The molecule has 0 amide bonds. The topological polar surface area (TPSA) is 17.8 Å². The molecule has 0 atom stereocenters. The van der Waals surface area contributed by atoms with E-state index in [1.165, 1.54) is 19.3 Å². The second kappa shape index (κ2) is 6.83. The van der Waals surface area contributed by atoms with Crippen LogP contribution in [0.4, 0.5) is 0 Å². The number of nitrogens with zero attached hydrogens (tertiary/aromatic N) is 2. The number of imidazole rings is 1. The first-order valence-electron chi connectivity index (χ1n) is 5.68. The molecule has 0 aliphatic carbocycles. The lowest BCUT2D eigenvalue weighted by Crippen LogP contribution is -1.87. The van der Waals surface area contributed by atoms with E-state index in [9.17, 15) is 0 Å². The molecule has 1 aromatic heterocycles. The van der Waals surface area contributed by atoms with E-state index in [1.54, 1.807) is 0 Å². The maximum Gasteiger partial charge on any atom is 0.119 e. The van der Waals surface area contributed by atoms with Crippen LogP contribution in [0.5, 0.6) is 0 Å². The fourth-order valence-electron chi connectivity index (χ4n) is 1.44. The Balaban J connectivity index is 2.42. The van der Waals surface area contributed by atoms with Crippen LogP contribution in [0.3, 0.4) is 0 Å². The summed E-state index contributed by atoms with van der Waals surface area (Å²) in [6.07, 6.45) is 12.3. The number of allylic oxidation sites excluding steroid dienone is 1. The minimum absolute atomic E-state index is 0.953. The molecule has 1 rings (SSSR count). The Bertz CT molecular complexity index is 315. The maximum absolute atomic E-state index is 4.48. The Morgan fingerprint density at radius 2 is 2.20 bits per heavy atom. The standard InChI is InChI=1S/C12H19BrN2/c1-3-5-6-7-8-9-11-10-15(13)12(4-2)14-11/h8-10H,3-7H2,1-2H3/b9-8+. The van der Waals surface area contributed by atoms with Gasteiger partial charge in [-0.15, -0.1) is 0 Å². The molecular formula is C12H19BrN2. The van der Waals surface area contributed by atoms with Crippen molar-refractivity contribution >= 4 is 22.2 Å². The van der Waals surface area contributed by atoms with E-state index < -0.39 is 0 Å². The summed E-state index contributed by atoms with van der Waals surface area (Å²) in [4.78, 5) is 4.48. The van der Waals surface area contributed by atoms with E-state index in [-0.39, 0.29) is 0 Å². The molecule has 0 aromatic carbocycles. The minimum atomic E-state index is 0.953. The number of unbranched alkanes of at least 4 members (excludes halogenated alkanes) is 3. The quantitative estimate of drug-likeness (QED) is 0.709. The largest absolute Gasteiger partial charge is 0.269 e. The Hall–Kier alpha value is -0.570. The lowest BCUT2D eigenvalue weighted by molar-refractivity contribution is 0.730. The number of halogens is 1. The second-order valence-corrected chi connectivity index (χ2v) is 4.41. The van der Waals surface area contributed by atoms with Crippen LogP contribution in [0.2, 0.25) is 0 Å². The fraction of sp³-hybridized carbons (Fsp3) is 0.583. The molecule has 0 unspecified atom stereocenters. The average Bonchev–Trinajstić information content (AvgIpc) is 2.59. The van der Waals surface area contributed by atoms with Gasteiger partial charge in [0.05, 0.1) is 21.8 Å². The zero-order valence-electron chi connectivity index (χ0n) is 9.54. The highest BCUT2D eigenvalue weighted by atomic mass is 79.9. The van der Waals surface area contributed by atoms with E-state index in [1.807, 2.05) is 9.79 Å². The Labute approximate surface area is 101 Å². The van der Waals surface area contributed by atoms with Crippen molar-refractivity contribution in [3.8, 4) is 0 Å². The summed E-state index contributed by atoms with van der Waals surface area (Å²) in [5.41, 5.74) is 1.04. The van der Waals surface area contributed by atoms with Gasteiger partial charge in [0, 0.05) is 12.6 Å². The molecule has 0 radical (unpaired) electrons. The van der Waals surface area contributed by atoms with Gasteiger partial charge in [-0.1, -0.05) is 32.8 Å². The summed E-state index contributed by atoms with van der Waals surface area (Å²) in [5.74, 6) is 1.07. The zero-order valence-corrected chi connectivity index (χ0v) is 11.1. The summed E-state index contributed by atoms with van der Waals surface area (Å²) >= 11 is 3.43. The number of rotatable bonds is 6. The molecule has 1 aromatic rings. The fourth-order valence-corrected chi connectivity index (χ4v) is 1.98. The molecule has 0 aliphatic heterocycles. The normalized spacial score (nSPS) is 11.4. The molecule has 0 fully saturated rings. The van der Waals surface area contributed by atoms with Crippen molar-refractivity contribution in [2.75, 3.05) is 0 Å². The predicted octanol–water partition coefficient (Wildman–Crippen LogP) is 4.20. The van der Waals surface area contributed by atoms with Crippen molar-refractivity contribution in [2.45, 2.75) is 46.0 Å². The Kier molecular flexibility index (Phi) is 5.69. The predicted molar refractivity (Wildman–Crippen MR) is 69.1 cm³/mol. The smallest absolute Gasteiger partial charge is 0.119 e. The summed E-state index contributed by atoms with van der Waals surface area (Å²) < 4.78 is 1.92. The third-order valence-corrected chi connectivity index (χ3v) is 2.94. The van der Waals surface area contributed by atoms with Crippen molar-refractivity contribution in [2.24, 2.45) is 0 Å². The SMILES string of the molecule is CCCCC/C=C/c1cn(Br)c(CC)n1. The molecule has 0 N–H and O–H groups in total. The van der Waals surface area contributed by atoms with Crippen LogP contribution in [0.25, 0.3) is 6.08 Å². The van der Waals surface area contributed by atoms with Crippen molar-refractivity contribution in [3.05, 3.63) is 23.8 Å². The van der Waals surface area contributed by atoms with Crippen LogP contribution in [-0.2, 0) is 6.42 Å². The minimum Gasteiger partial charge on any atom is -0.269 e. The molecule has 1 heterocycles. The van der Waals surface area contributed by atoms with Gasteiger partial charge >= 0.3 is 0 Å². The third kappa shape index (κ3) is 4.20. The first-order valence-corrected chi connectivity index (χ1v) is 6.39. The van der Waals surface area contributed by atoms with E-state index in [0.29, 0.717) is 0 Å². The van der Waals surface area contributed by atoms with Crippen molar-refractivity contribution < 1.29 is 0 Å². The van der Waals surface area contributed by atoms with Gasteiger partial charge in [0.1, 0.15) is 5.82 Å². The van der Waals surface area contributed by atoms with Crippen molar-refractivity contribution in [1.82, 2.24) is 8.58 Å². The monoisotopic (exact) mass is 270 g/mol. The molecule has 84 valence electrons. The van der Waals surface area contributed by atoms with E-state index in [4.69, 9.17) is 0 Å². The molecule has 0 bridgehead atoms. The van der Waals surface area contributed by atoms with Gasteiger partial charge in [-0.25, -0.2) is 4.98 Å². The van der Waals surface area contributed by atoms with E-state index in [2.05, 4.69) is 47.1 Å². The maximum atomic E-state index is 4.48. The van der Waals surface area contributed by atoms with Crippen LogP contribution in [0.1, 0.15) is 51.0 Å². The number of hydrogen-bond acceptors (Lipinski definition) is 1. The highest BCUT2D eigenvalue weighted by Crippen LogP contribution is 2.10. The van der Waals surface area contributed by atoms with Crippen LogP contribution < -0.4 is 0 Å². The van der Waals surface area contributed by atoms with Gasteiger partial charge in [0.2, 0.25) is 0 Å². The molecule has 0 saturated heterocycles. The molecule has 3 heteroatoms. The van der Waals surface area contributed by atoms with Crippen LogP contribution >= 0.6 is 16.1 Å².